The van der Waals surface area contributed by atoms with E-state index in [0.29, 0.717) is 0 Å². The van der Waals surface area contributed by atoms with Gasteiger partial charge in [-0.3, -0.25) is 0 Å². The molecule has 0 heterocycles. The molecule has 1 spiro atoms. The third kappa shape index (κ3) is 0.500. The van der Waals surface area contributed by atoms with Gasteiger partial charge in [-0.1, -0.05) is 6.92 Å². The predicted molar refractivity (Wildman–Crippen MR) is 41.7 cm³/mol. The number of hydrogen-bond acceptors (Lipinski definition) is 0. The van der Waals surface area contributed by atoms with E-state index in [1.807, 2.05) is 0 Å². The van der Waals surface area contributed by atoms with Crippen LogP contribution in [0, 0.1) is 23.2 Å². The average molecular weight is 136 g/mol. The fourth-order valence-corrected chi connectivity index (χ4v) is 3.42. The smallest absolute Gasteiger partial charge is 0.0263 e. The summed E-state index contributed by atoms with van der Waals surface area (Å²) in [6.45, 7) is 2.45. The molecule has 0 nitrogen and oxygen atoms in total. The second-order valence-corrected chi connectivity index (χ2v) is 4.97. The normalized spacial score (nSPS) is 63.9. The van der Waals surface area contributed by atoms with Crippen molar-refractivity contribution in [1.82, 2.24) is 0 Å². The molecule has 3 atom stereocenters. The molecule has 0 amide bonds. The van der Waals surface area contributed by atoms with Crippen LogP contribution in [-0.4, -0.2) is 0 Å². The largest absolute Gasteiger partial charge is 0.0620 e. The van der Waals surface area contributed by atoms with Crippen LogP contribution in [-0.2, 0) is 0 Å². The molecule has 3 saturated carbocycles. The van der Waals surface area contributed by atoms with Crippen LogP contribution in [0.25, 0.3) is 0 Å². The van der Waals surface area contributed by atoms with Crippen LogP contribution in [0.15, 0.2) is 0 Å². The molecule has 0 radical (unpaired) electrons. The summed E-state index contributed by atoms with van der Waals surface area (Å²) in [4.78, 5) is 0. The van der Waals surface area contributed by atoms with Gasteiger partial charge in [0.05, 0.1) is 0 Å². The molecule has 3 fully saturated rings. The lowest BCUT2D eigenvalue weighted by atomic mass is 9.77. The number of fused-ring (bicyclic) bond motifs is 1. The maximum absolute atomic E-state index is 2.45. The van der Waals surface area contributed by atoms with E-state index >= 15 is 0 Å². The Morgan fingerprint density at radius 1 is 1.00 bits per heavy atom. The van der Waals surface area contributed by atoms with E-state index in [4.69, 9.17) is 0 Å². The lowest BCUT2D eigenvalue weighted by Crippen LogP contribution is -2.18. The second-order valence-electron chi connectivity index (χ2n) is 4.97. The van der Waals surface area contributed by atoms with Crippen LogP contribution < -0.4 is 0 Å². The Morgan fingerprint density at radius 2 is 1.50 bits per heavy atom. The monoisotopic (exact) mass is 136 g/mol. The fraction of sp³-hybridized carbons (Fsp3) is 1.00. The van der Waals surface area contributed by atoms with Crippen molar-refractivity contribution in [3.8, 4) is 0 Å². The molecule has 0 aromatic heterocycles. The minimum absolute atomic E-state index is 0.909. The third-order valence-electron chi connectivity index (χ3n) is 4.51. The molecular formula is C10H16. The zero-order chi connectivity index (χ0) is 6.77. The highest BCUT2D eigenvalue weighted by atomic mass is 14.6. The van der Waals surface area contributed by atoms with Gasteiger partial charge in [0, 0.05) is 0 Å². The Bertz CT molecular complexity index is 159. The zero-order valence-electron chi connectivity index (χ0n) is 6.77. The molecule has 0 N–H and O–H groups in total. The molecule has 3 aliphatic rings. The predicted octanol–water partition coefficient (Wildman–Crippen LogP) is 2.83. The van der Waals surface area contributed by atoms with Crippen molar-refractivity contribution >= 4 is 0 Å². The minimum Gasteiger partial charge on any atom is -0.0620 e. The molecule has 0 aromatic rings. The maximum atomic E-state index is 2.45. The highest BCUT2D eigenvalue weighted by Gasteiger charge is 2.59. The van der Waals surface area contributed by atoms with Gasteiger partial charge in [0.1, 0.15) is 0 Å². The first-order chi connectivity index (χ1) is 4.80. The Hall–Kier alpha value is 0. The Labute approximate surface area is 63.0 Å². The SMILES string of the molecule is C[C@H]1CC12CC1CCC1C2. The third-order valence-corrected chi connectivity index (χ3v) is 4.51. The second kappa shape index (κ2) is 1.44. The molecule has 10 heavy (non-hydrogen) atoms. The quantitative estimate of drug-likeness (QED) is 0.480. The van der Waals surface area contributed by atoms with Gasteiger partial charge >= 0.3 is 0 Å². The van der Waals surface area contributed by atoms with E-state index in [2.05, 4.69) is 6.92 Å². The molecular weight excluding hydrogens is 120 g/mol. The van der Waals surface area contributed by atoms with E-state index < -0.39 is 0 Å². The van der Waals surface area contributed by atoms with Crippen LogP contribution in [0.1, 0.15) is 39.0 Å². The summed E-state index contributed by atoms with van der Waals surface area (Å²) in [7, 11) is 0. The van der Waals surface area contributed by atoms with Crippen molar-refractivity contribution in [2.75, 3.05) is 0 Å². The molecule has 0 heteroatoms. The molecule has 0 aromatic carbocycles. The summed E-state index contributed by atoms with van der Waals surface area (Å²) in [6.07, 6.45) is 7.93. The van der Waals surface area contributed by atoms with Crippen molar-refractivity contribution in [3.63, 3.8) is 0 Å². The highest BCUT2D eigenvalue weighted by Crippen LogP contribution is 2.69. The Kier molecular flexibility index (Phi) is 0.810. The molecule has 2 unspecified atom stereocenters. The first-order valence-corrected chi connectivity index (χ1v) is 4.80. The molecule has 3 rings (SSSR count). The molecule has 0 bridgehead atoms. The summed E-state index contributed by atoms with van der Waals surface area (Å²) >= 11 is 0. The topological polar surface area (TPSA) is 0 Å². The van der Waals surface area contributed by atoms with Gasteiger partial charge < -0.3 is 0 Å². The minimum atomic E-state index is 0.909. The lowest BCUT2D eigenvalue weighted by molar-refractivity contribution is 0.219. The standard InChI is InChI=1S/C10H16/c1-7-4-10(7)5-8-2-3-9(8)6-10/h7-9H,2-6H2,1H3/t7-,8?,9?,10?/m0/s1. The zero-order valence-corrected chi connectivity index (χ0v) is 6.77. The van der Waals surface area contributed by atoms with Crippen LogP contribution in [0.2, 0.25) is 0 Å². The lowest BCUT2D eigenvalue weighted by Gasteiger charge is -2.29. The van der Waals surface area contributed by atoms with Crippen LogP contribution in [0.4, 0.5) is 0 Å². The fourth-order valence-electron chi connectivity index (χ4n) is 3.42. The van der Waals surface area contributed by atoms with Gasteiger partial charge in [-0.25, -0.2) is 0 Å². The van der Waals surface area contributed by atoms with E-state index in [1.54, 1.807) is 32.1 Å². The Morgan fingerprint density at radius 3 is 1.80 bits per heavy atom. The van der Waals surface area contributed by atoms with Crippen LogP contribution in [0.5, 0.6) is 0 Å². The van der Waals surface area contributed by atoms with E-state index in [0.717, 1.165) is 11.3 Å². The molecule has 3 aliphatic carbocycles. The van der Waals surface area contributed by atoms with Gasteiger partial charge in [-0.05, 0) is 55.3 Å². The summed E-state index contributed by atoms with van der Waals surface area (Å²) in [5.74, 6) is 3.47. The van der Waals surface area contributed by atoms with Crippen molar-refractivity contribution in [1.29, 1.82) is 0 Å². The molecule has 56 valence electrons. The van der Waals surface area contributed by atoms with E-state index in [9.17, 15) is 0 Å². The average Bonchev–Trinajstić information content (AvgIpc) is 2.43. The van der Waals surface area contributed by atoms with Gasteiger partial charge in [-0.2, -0.15) is 0 Å². The summed E-state index contributed by atoms with van der Waals surface area (Å²) in [5, 5.41) is 0. The van der Waals surface area contributed by atoms with E-state index in [1.165, 1.54) is 11.8 Å². The van der Waals surface area contributed by atoms with Crippen LogP contribution >= 0.6 is 0 Å². The van der Waals surface area contributed by atoms with Gasteiger partial charge in [-0.15, -0.1) is 0 Å². The first-order valence-electron chi connectivity index (χ1n) is 4.80. The maximum Gasteiger partial charge on any atom is -0.0263 e. The highest BCUT2D eigenvalue weighted by molar-refractivity contribution is 5.09. The summed E-state index contributed by atoms with van der Waals surface area (Å²) in [6, 6.07) is 0. The Balaban J connectivity index is 1.82. The first kappa shape index (κ1) is 5.62. The molecule has 0 saturated heterocycles. The van der Waals surface area contributed by atoms with Crippen LogP contribution in [0.3, 0.4) is 0 Å². The summed E-state index contributed by atoms with van der Waals surface area (Å²) < 4.78 is 0. The van der Waals surface area contributed by atoms with Gasteiger partial charge in [0.2, 0.25) is 0 Å². The van der Waals surface area contributed by atoms with Crippen molar-refractivity contribution in [2.45, 2.75) is 39.0 Å². The summed E-state index contributed by atoms with van der Waals surface area (Å²) in [5.41, 5.74) is 0.909. The number of rotatable bonds is 0. The van der Waals surface area contributed by atoms with Crippen molar-refractivity contribution in [2.24, 2.45) is 23.2 Å². The van der Waals surface area contributed by atoms with Crippen molar-refractivity contribution < 1.29 is 0 Å². The van der Waals surface area contributed by atoms with Crippen molar-refractivity contribution in [3.05, 3.63) is 0 Å². The van der Waals surface area contributed by atoms with E-state index in [-0.39, 0.29) is 0 Å². The molecule has 0 aliphatic heterocycles. The van der Waals surface area contributed by atoms with Gasteiger partial charge in [0.25, 0.3) is 0 Å². The number of hydrogen-bond donors (Lipinski definition) is 0. The van der Waals surface area contributed by atoms with Gasteiger partial charge in [0.15, 0.2) is 0 Å².